The Morgan fingerprint density at radius 3 is 2.45 bits per heavy atom. The van der Waals surface area contributed by atoms with Gasteiger partial charge in [-0.15, -0.1) is 0 Å². The largest absolute Gasteiger partial charge is 0.0704 e. The average Bonchev–Trinajstić information content (AvgIpc) is 2.38. The molecule has 0 fully saturated rings. The Balaban J connectivity index is 2.37. The van der Waals surface area contributed by atoms with E-state index in [1.165, 1.54) is 43.5 Å². The van der Waals surface area contributed by atoms with Gasteiger partial charge in [0.15, 0.2) is 0 Å². The fraction of sp³-hybridized carbons (Fsp3) is 0.300. The number of hydrogen-bond acceptors (Lipinski definition) is 0. The van der Waals surface area contributed by atoms with Gasteiger partial charge in [0, 0.05) is 0 Å². The molecule has 0 amide bonds. The standard InChI is InChI=1S/C20H20/c1-12-5-6-14-7-8-15-10-20(3,4)11-17-13(2)9-16(12)18(14)19(15)17/h5-9,11H,10H2,1-4H3. The van der Waals surface area contributed by atoms with Crippen LogP contribution in [0, 0.1) is 19.3 Å². The molecule has 1 aliphatic rings. The normalized spacial score (nSPS) is 16.6. The first kappa shape index (κ1) is 12.0. The summed E-state index contributed by atoms with van der Waals surface area (Å²) in [6.45, 7) is 9.16. The third-order valence-electron chi connectivity index (χ3n) is 4.77. The molecule has 0 spiro atoms. The van der Waals surface area contributed by atoms with E-state index in [4.69, 9.17) is 0 Å². The van der Waals surface area contributed by atoms with Crippen molar-refractivity contribution in [3.63, 3.8) is 0 Å². The summed E-state index contributed by atoms with van der Waals surface area (Å²) >= 11 is 0. The van der Waals surface area contributed by atoms with Crippen LogP contribution in [-0.2, 0) is 6.42 Å². The lowest BCUT2D eigenvalue weighted by Gasteiger charge is -2.28. The summed E-state index contributed by atoms with van der Waals surface area (Å²) < 4.78 is 0. The second-order valence-electron chi connectivity index (χ2n) is 7.04. The highest BCUT2D eigenvalue weighted by Gasteiger charge is 2.23. The molecule has 3 aromatic rings. The van der Waals surface area contributed by atoms with E-state index in [2.05, 4.69) is 64.1 Å². The molecule has 0 aliphatic heterocycles. The molecule has 3 aromatic carbocycles. The summed E-state index contributed by atoms with van der Waals surface area (Å²) in [4.78, 5) is 0. The van der Waals surface area contributed by atoms with Crippen molar-refractivity contribution in [2.45, 2.75) is 34.1 Å². The van der Waals surface area contributed by atoms with Crippen LogP contribution >= 0.6 is 0 Å². The van der Waals surface area contributed by atoms with Gasteiger partial charge in [-0.2, -0.15) is 0 Å². The van der Waals surface area contributed by atoms with Gasteiger partial charge in [-0.05, 0) is 69.1 Å². The van der Waals surface area contributed by atoms with Gasteiger partial charge in [0.05, 0.1) is 0 Å². The van der Waals surface area contributed by atoms with Crippen LogP contribution in [0.1, 0.15) is 30.5 Å². The van der Waals surface area contributed by atoms with Crippen molar-refractivity contribution in [3.05, 3.63) is 52.2 Å². The number of benzene rings is 3. The lowest BCUT2D eigenvalue weighted by Crippen LogP contribution is -2.24. The maximum Gasteiger partial charge on any atom is -0.00273 e. The number of rotatable bonds is 0. The molecule has 100 valence electrons. The Morgan fingerprint density at radius 2 is 1.65 bits per heavy atom. The molecule has 0 aromatic heterocycles. The van der Waals surface area contributed by atoms with Gasteiger partial charge in [0.2, 0.25) is 0 Å². The van der Waals surface area contributed by atoms with Crippen LogP contribution < -0.4 is 5.22 Å². The van der Waals surface area contributed by atoms with Gasteiger partial charge in [0.25, 0.3) is 0 Å². The zero-order chi connectivity index (χ0) is 14.1. The summed E-state index contributed by atoms with van der Waals surface area (Å²) in [7, 11) is 0. The van der Waals surface area contributed by atoms with Crippen molar-refractivity contribution < 1.29 is 0 Å². The van der Waals surface area contributed by atoms with Crippen molar-refractivity contribution >= 4 is 27.6 Å². The molecule has 0 saturated carbocycles. The van der Waals surface area contributed by atoms with Gasteiger partial charge in [-0.25, -0.2) is 0 Å². The monoisotopic (exact) mass is 260 g/mol. The Bertz CT molecular complexity index is 910. The van der Waals surface area contributed by atoms with Crippen LogP contribution in [-0.4, -0.2) is 0 Å². The molecular weight excluding hydrogens is 240 g/mol. The molecule has 1 aliphatic carbocycles. The molecule has 0 nitrogen and oxygen atoms in total. The van der Waals surface area contributed by atoms with Crippen molar-refractivity contribution in [1.29, 1.82) is 0 Å². The topological polar surface area (TPSA) is 0 Å². The van der Waals surface area contributed by atoms with Crippen LogP contribution in [0.3, 0.4) is 0 Å². The highest BCUT2D eigenvalue weighted by Crippen LogP contribution is 2.36. The minimum absolute atomic E-state index is 0.256. The van der Waals surface area contributed by atoms with E-state index < -0.39 is 0 Å². The van der Waals surface area contributed by atoms with Crippen molar-refractivity contribution in [1.82, 2.24) is 0 Å². The summed E-state index contributed by atoms with van der Waals surface area (Å²) in [5.74, 6) is 0. The minimum Gasteiger partial charge on any atom is -0.0704 e. The van der Waals surface area contributed by atoms with E-state index in [0.717, 1.165) is 6.42 Å². The third-order valence-corrected chi connectivity index (χ3v) is 4.77. The molecule has 0 heteroatoms. The van der Waals surface area contributed by atoms with Gasteiger partial charge < -0.3 is 0 Å². The van der Waals surface area contributed by atoms with Crippen LogP contribution in [0.2, 0.25) is 0 Å². The van der Waals surface area contributed by atoms with Gasteiger partial charge in [-0.3, -0.25) is 0 Å². The molecular formula is C20H20. The van der Waals surface area contributed by atoms with Crippen LogP contribution in [0.15, 0.2) is 30.3 Å². The maximum absolute atomic E-state index is 2.48. The zero-order valence-electron chi connectivity index (χ0n) is 12.7. The smallest absolute Gasteiger partial charge is 0.00273 e. The SMILES string of the molecule is Cc1cc2c(C)ccc3ccc4c(c1=CC(C)(C)C4)c32. The van der Waals surface area contributed by atoms with Crippen LogP contribution in [0.25, 0.3) is 27.6 Å². The highest BCUT2D eigenvalue weighted by atomic mass is 14.3. The van der Waals surface area contributed by atoms with Crippen molar-refractivity contribution in [2.75, 3.05) is 0 Å². The summed E-state index contributed by atoms with van der Waals surface area (Å²) in [6, 6.07) is 11.5. The molecule has 0 heterocycles. The van der Waals surface area contributed by atoms with E-state index in [0.29, 0.717) is 0 Å². The van der Waals surface area contributed by atoms with Crippen molar-refractivity contribution in [2.24, 2.45) is 5.41 Å². The van der Waals surface area contributed by atoms with E-state index in [-0.39, 0.29) is 5.41 Å². The molecule has 20 heavy (non-hydrogen) atoms. The Kier molecular flexibility index (Phi) is 2.17. The predicted molar refractivity (Wildman–Crippen MR) is 88.1 cm³/mol. The molecule has 0 N–H and O–H groups in total. The average molecular weight is 260 g/mol. The van der Waals surface area contributed by atoms with Crippen LogP contribution in [0.4, 0.5) is 0 Å². The molecule has 4 rings (SSSR count). The highest BCUT2D eigenvalue weighted by molar-refractivity contribution is 6.13. The quantitative estimate of drug-likeness (QED) is 0.550. The Labute approximate surface area is 120 Å². The lowest BCUT2D eigenvalue weighted by molar-refractivity contribution is 0.511. The van der Waals surface area contributed by atoms with Gasteiger partial charge in [-0.1, -0.05) is 50.3 Å². The lowest BCUT2D eigenvalue weighted by atomic mass is 9.76. The molecule has 0 unspecified atom stereocenters. The predicted octanol–water partition coefficient (Wildman–Crippen LogP) is 4.69. The Hall–Kier alpha value is -1.82. The van der Waals surface area contributed by atoms with E-state index in [9.17, 15) is 0 Å². The first-order chi connectivity index (χ1) is 9.46. The fourth-order valence-electron chi connectivity index (χ4n) is 3.84. The summed E-state index contributed by atoms with van der Waals surface area (Å²) in [5.41, 5.74) is 4.56. The maximum atomic E-state index is 2.48. The fourth-order valence-corrected chi connectivity index (χ4v) is 3.84. The zero-order valence-corrected chi connectivity index (χ0v) is 12.7. The second-order valence-corrected chi connectivity index (χ2v) is 7.04. The molecule has 0 radical (unpaired) electrons. The first-order valence-corrected chi connectivity index (χ1v) is 7.43. The number of aryl methyl sites for hydroxylation is 2. The van der Waals surface area contributed by atoms with Crippen molar-refractivity contribution in [3.8, 4) is 0 Å². The van der Waals surface area contributed by atoms with Gasteiger partial charge in [0.1, 0.15) is 0 Å². The van der Waals surface area contributed by atoms with E-state index in [1.54, 1.807) is 0 Å². The second kappa shape index (κ2) is 3.63. The molecule has 0 atom stereocenters. The number of hydrogen-bond donors (Lipinski definition) is 0. The third kappa shape index (κ3) is 1.48. The summed E-state index contributed by atoms with van der Waals surface area (Å²) in [6.07, 6.45) is 3.62. The van der Waals surface area contributed by atoms with Crippen LogP contribution in [0.5, 0.6) is 0 Å². The van der Waals surface area contributed by atoms with Gasteiger partial charge >= 0.3 is 0 Å². The molecule has 0 saturated heterocycles. The van der Waals surface area contributed by atoms with E-state index >= 15 is 0 Å². The molecule has 0 bridgehead atoms. The first-order valence-electron chi connectivity index (χ1n) is 7.43. The Morgan fingerprint density at radius 1 is 0.900 bits per heavy atom. The van der Waals surface area contributed by atoms with E-state index in [1.807, 2.05) is 0 Å². The summed E-state index contributed by atoms with van der Waals surface area (Å²) in [5, 5.41) is 7.22. The minimum atomic E-state index is 0.256.